The number of nitrogens with one attached hydrogen (secondary N) is 1. The number of hydrogen-bond donors (Lipinski definition) is 2. The Hall–Kier alpha value is -2.20. The number of carbonyl (C=O) groups is 1. The fraction of sp³-hybridized carbons (Fsp3) is 0.350. The number of benzene rings is 2. The summed E-state index contributed by atoms with van der Waals surface area (Å²) < 4.78 is 13.1. The molecular formula is C20H24FNO2. The molecule has 0 radical (unpaired) electrons. The summed E-state index contributed by atoms with van der Waals surface area (Å²) in [5, 5.41) is 12.6. The molecule has 3 nitrogen and oxygen atoms in total. The third kappa shape index (κ3) is 6.13. The molecule has 2 aromatic carbocycles. The molecule has 1 amide bonds. The van der Waals surface area contributed by atoms with Gasteiger partial charge in [-0.05, 0) is 43.0 Å². The predicted octanol–water partition coefficient (Wildman–Crippen LogP) is 3.43. The van der Waals surface area contributed by atoms with Gasteiger partial charge in [-0.25, -0.2) is 4.39 Å². The van der Waals surface area contributed by atoms with E-state index in [2.05, 4.69) is 5.32 Å². The molecule has 0 aliphatic carbocycles. The molecule has 0 fully saturated rings. The Morgan fingerprint density at radius 1 is 1.17 bits per heavy atom. The molecule has 4 heteroatoms. The second-order valence-corrected chi connectivity index (χ2v) is 6.13. The molecule has 0 bridgehead atoms. The van der Waals surface area contributed by atoms with Crippen LogP contribution in [0.2, 0.25) is 0 Å². The molecule has 2 unspecified atom stereocenters. The number of aliphatic hydroxyl groups is 1. The minimum absolute atomic E-state index is 0.0641. The van der Waals surface area contributed by atoms with Crippen LogP contribution in [0.5, 0.6) is 0 Å². The van der Waals surface area contributed by atoms with Crippen molar-refractivity contribution < 1.29 is 14.3 Å². The van der Waals surface area contributed by atoms with E-state index in [0.29, 0.717) is 25.8 Å². The van der Waals surface area contributed by atoms with Gasteiger partial charge in [0, 0.05) is 18.9 Å². The van der Waals surface area contributed by atoms with Gasteiger partial charge in [0.1, 0.15) is 5.82 Å². The lowest BCUT2D eigenvalue weighted by Gasteiger charge is -2.19. The maximum atomic E-state index is 13.1. The van der Waals surface area contributed by atoms with Gasteiger partial charge in [0.25, 0.3) is 0 Å². The molecule has 0 heterocycles. The molecule has 0 saturated carbocycles. The molecule has 0 aliphatic heterocycles. The third-order valence-corrected chi connectivity index (χ3v) is 3.97. The Bertz CT molecular complexity index is 643. The smallest absolute Gasteiger partial charge is 0.220 e. The van der Waals surface area contributed by atoms with E-state index in [1.165, 1.54) is 12.1 Å². The summed E-state index contributed by atoms with van der Waals surface area (Å²) in [5.74, 6) is -0.274. The normalized spacial score (nSPS) is 13.3. The summed E-state index contributed by atoms with van der Waals surface area (Å²) in [4.78, 5) is 12.1. The fourth-order valence-electron chi connectivity index (χ4n) is 2.75. The first-order valence-electron chi connectivity index (χ1n) is 8.28. The molecule has 0 saturated heterocycles. The van der Waals surface area contributed by atoms with Crippen molar-refractivity contribution >= 4 is 5.91 Å². The predicted molar refractivity (Wildman–Crippen MR) is 93.2 cm³/mol. The van der Waals surface area contributed by atoms with Crippen LogP contribution in [0.15, 0.2) is 54.6 Å². The van der Waals surface area contributed by atoms with Crippen LogP contribution in [-0.4, -0.2) is 23.7 Å². The van der Waals surface area contributed by atoms with Crippen molar-refractivity contribution in [2.45, 2.75) is 38.2 Å². The van der Waals surface area contributed by atoms with Crippen LogP contribution in [0.1, 0.15) is 36.8 Å². The number of aryl methyl sites for hydroxylation is 1. The molecule has 0 aliphatic rings. The number of hydrogen-bond acceptors (Lipinski definition) is 2. The van der Waals surface area contributed by atoms with E-state index in [-0.39, 0.29) is 17.6 Å². The molecule has 0 aromatic heterocycles. The lowest BCUT2D eigenvalue weighted by molar-refractivity contribution is -0.121. The topological polar surface area (TPSA) is 49.3 Å². The van der Waals surface area contributed by atoms with Crippen LogP contribution in [0.4, 0.5) is 4.39 Å². The van der Waals surface area contributed by atoms with E-state index in [0.717, 1.165) is 11.1 Å². The highest BCUT2D eigenvalue weighted by Crippen LogP contribution is 2.20. The van der Waals surface area contributed by atoms with Crippen molar-refractivity contribution in [1.82, 2.24) is 5.32 Å². The Kier molecular flexibility index (Phi) is 6.94. The van der Waals surface area contributed by atoms with Gasteiger partial charge in [0.05, 0.1) is 6.10 Å². The van der Waals surface area contributed by atoms with Crippen LogP contribution in [0.3, 0.4) is 0 Å². The Morgan fingerprint density at radius 3 is 2.58 bits per heavy atom. The maximum Gasteiger partial charge on any atom is 0.220 e. The summed E-state index contributed by atoms with van der Waals surface area (Å²) >= 11 is 0. The van der Waals surface area contributed by atoms with Gasteiger partial charge in [-0.3, -0.25) is 4.79 Å². The van der Waals surface area contributed by atoms with E-state index in [1.54, 1.807) is 13.0 Å². The molecule has 0 spiro atoms. The van der Waals surface area contributed by atoms with Gasteiger partial charge in [-0.2, -0.15) is 0 Å². The summed E-state index contributed by atoms with van der Waals surface area (Å²) in [6.07, 6.45) is 0.989. The zero-order valence-corrected chi connectivity index (χ0v) is 13.9. The Morgan fingerprint density at radius 2 is 1.92 bits per heavy atom. The van der Waals surface area contributed by atoms with Crippen LogP contribution in [0.25, 0.3) is 0 Å². The van der Waals surface area contributed by atoms with Crippen molar-refractivity contribution in [3.8, 4) is 0 Å². The quantitative estimate of drug-likeness (QED) is 0.779. The molecule has 2 rings (SSSR count). The van der Waals surface area contributed by atoms with E-state index in [9.17, 15) is 14.3 Å². The van der Waals surface area contributed by atoms with Gasteiger partial charge < -0.3 is 10.4 Å². The zero-order chi connectivity index (χ0) is 17.4. The Labute approximate surface area is 142 Å². The summed E-state index contributed by atoms with van der Waals surface area (Å²) in [5.41, 5.74) is 1.91. The first kappa shape index (κ1) is 18.1. The van der Waals surface area contributed by atoms with Crippen LogP contribution in [0, 0.1) is 5.82 Å². The fourth-order valence-corrected chi connectivity index (χ4v) is 2.75. The first-order valence-corrected chi connectivity index (χ1v) is 8.28. The van der Waals surface area contributed by atoms with E-state index in [1.807, 2.05) is 36.4 Å². The number of halogens is 1. The van der Waals surface area contributed by atoms with Crippen LogP contribution in [-0.2, 0) is 11.2 Å². The summed E-state index contributed by atoms with van der Waals surface area (Å²) in [7, 11) is 0. The SMILES string of the molecule is CC(O)CC(CNC(=O)CCc1cccc(F)c1)c1ccccc1. The second-order valence-electron chi connectivity index (χ2n) is 6.13. The van der Waals surface area contributed by atoms with E-state index in [4.69, 9.17) is 0 Å². The number of amides is 1. The average Bonchev–Trinajstić information content (AvgIpc) is 2.57. The zero-order valence-electron chi connectivity index (χ0n) is 13.9. The number of aliphatic hydroxyl groups excluding tert-OH is 1. The lowest BCUT2D eigenvalue weighted by atomic mass is 9.93. The van der Waals surface area contributed by atoms with E-state index < -0.39 is 6.10 Å². The highest BCUT2D eigenvalue weighted by atomic mass is 19.1. The first-order chi connectivity index (χ1) is 11.5. The Balaban J connectivity index is 1.85. The van der Waals surface area contributed by atoms with Gasteiger partial charge in [-0.1, -0.05) is 42.5 Å². The summed E-state index contributed by atoms with van der Waals surface area (Å²) in [6, 6.07) is 16.2. The minimum Gasteiger partial charge on any atom is -0.393 e. The summed E-state index contributed by atoms with van der Waals surface area (Å²) in [6.45, 7) is 2.23. The molecule has 2 aromatic rings. The van der Waals surface area contributed by atoms with Crippen molar-refractivity contribution in [3.05, 3.63) is 71.5 Å². The number of carbonyl (C=O) groups excluding carboxylic acids is 1. The van der Waals surface area contributed by atoms with Crippen LogP contribution < -0.4 is 5.32 Å². The average molecular weight is 329 g/mol. The van der Waals surface area contributed by atoms with Gasteiger partial charge in [-0.15, -0.1) is 0 Å². The highest BCUT2D eigenvalue weighted by molar-refractivity contribution is 5.76. The lowest BCUT2D eigenvalue weighted by Crippen LogP contribution is -2.29. The molecule has 2 N–H and O–H groups in total. The van der Waals surface area contributed by atoms with Gasteiger partial charge in [0.2, 0.25) is 5.91 Å². The minimum atomic E-state index is -0.431. The second kappa shape index (κ2) is 9.18. The molecule has 2 atom stereocenters. The van der Waals surface area contributed by atoms with Crippen molar-refractivity contribution in [2.24, 2.45) is 0 Å². The van der Waals surface area contributed by atoms with Crippen molar-refractivity contribution in [1.29, 1.82) is 0 Å². The number of rotatable bonds is 8. The molecule has 24 heavy (non-hydrogen) atoms. The van der Waals surface area contributed by atoms with Crippen molar-refractivity contribution in [3.63, 3.8) is 0 Å². The van der Waals surface area contributed by atoms with Gasteiger partial charge in [0.15, 0.2) is 0 Å². The highest BCUT2D eigenvalue weighted by Gasteiger charge is 2.15. The standard InChI is InChI=1S/C20H24FNO2/c1-15(23)12-18(17-7-3-2-4-8-17)14-22-20(24)11-10-16-6-5-9-19(21)13-16/h2-9,13,15,18,23H,10-12,14H2,1H3,(H,22,24). The molecule has 128 valence electrons. The third-order valence-electron chi connectivity index (χ3n) is 3.97. The van der Waals surface area contributed by atoms with Crippen molar-refractivity contribution in [2.75, 3.05) is 6.54 Å². The van der Waals surface area contributed by atoms with Crippen LogP contribution >= 0.6 is 0 Å². The maximum absolute atomic E-state index is 13.1. The van der Waals surface area contributed by atoms with Gasteiger partial charge >= 0.3 is 0 Å². The molecular weight excluding hydrogens is 305 g/mol. The monoisotopic (exact) mass is 329 g/mol. The van der Waals surface area contributed by atoms with E-state index >= 15 is 0 Å². The largest absolute Gasteiger partial charge is 0.393 e.